The molecule has 1 heterocycles. The topological polar surface area (TPSA) is 68.8 Å². The van der Waals surface area contributed by atoms with Crippen LogP contribution < -0.4 is 24.8 Å². The van der Waals surface area contributed by atoms with Crippen molar-refractivity contribution in [3.05, 3.63) is 40.9 Å². The molecular weight excluding hydrogens is 380 g/mol. The molecule has 0 radical (unpaired) electrons. The third-order valence-electron chi connectivity index (χ3n) is 4.48. The van der Waals surface area contributed by atoms with E-state index in [-0.39, 0.29) is 12.0 Å². The van der Waals surface area contributed by atoms with E-state index < -0.39 is 6.04 Å². The molecule has 2 N–H and O–H groups in total. The minimum Gasteiger partial charge on any atom is -0.495 e. The average molecular weight is 405 g/mol. The Labute approximate surface area is 170 Å². The summed E-state index contributed by atoms with van der Waals surface area (Å²) >= 11 is 6.12. The minimum atomic E-state index is -0.503. The summed E-state index contributed by atoms with van der Waals surface area (Å²) in [6, 6.07) is 8.49. The van der Waals surface area contributed by atoms with Crippen LogP contribution in [0.3, 0.4) is 0 Å². The average Bonchev–Trinajstić information content (AvgIpc) is 3.01. The van der Waals surface area contributed by atoms with Gasteiger partial charge in [-0.15, -0.1) is 0 Å². The van der Waals surface area contributed by atoms with Crippen molar-refractivity contribution in [1.29, 1.82) is 0 Å². The first-order chi connectivity index (χ1) is 13.4. The second-order valence-corrected chi connectivity index (χ2v) is 7.13. The van der Waals surface area contributed by atoms with Crippen molar-refractivity contribution in [2.45, 2.75) is 39.3 Å². The third-order valence-corrected chi connectivity index (χ3v) is 4.78. The molecule has 0 spiro atoms. The summed E-state index contributed by atoms with van der Waals surface area (Å²) in [6.07, 6.45) is 0.990. The number of hydrogen-bond acceptors (Lipinski definition) is 5. The predicted molar refractivity (Wildman–Crippen MR) is 111 cm³/mol. The normalized spacial score (nSPS) is 16.0. The molecule has 28 heavy (non-hydrogen) atoms. The summed E-state index contributed by atoms with van der Waals surface area (Å²) in [5, 5.41) is 6.51. The van der Waals surface area contributed by atoms with Gasteiger partial charge in [0.25, 0.3) is 0 Å². The van der Waals surface area contributed by atoms with Gasteiger partial charge in [-0.1, -0.05) is 11.6 Å². The lowest BCUT2D eigenvalue weighted by Crippen LogP contribution is -2.32. The van der Waals surface area contributed by atoms with Gasteiger partial charge in [-0.3, -0.25) is 4.79 Å². The zero-order valence-corrected chi connectivity index (χ0v) is 17.2. The van der Waals surface area contributed by atoms with Crippen LogP contribution in [-0.2, 0) is 11.2 Å². The number of hydrogen-bond donors (Lipinski definition) is 2. The Bertz CT molecular complexity index is 872. The highest BCUT2D eigenvalue weighted by Crippen LogP contribution is 2.38. The number of halogens is 1. The first-order valence-electron chi connectivity index (χ1n) is 9.28. The second-order valence-electron chi connectivity index (χ2n) is 6.73. The molecule has 1 aliphatic heterocycles. The lowest BCUT2D eigenvalue weighted by atomic mass is 10.1. The number of amides is 1. The summed E-state index contributed by atoms with van der Waals surface area (Å²) in [7, 11) is 1.54. The van der Waals surface area contributed by atoms with E-state index in [0.717, 1.165) is 23.4 Å². The van der Waals surface area contributed by atoms with E-state index in [2.05, 4.69) is 10.6 Å². The molecule has 6 nitrogen and oxygen atoms in total. The molecule has 0 unspecified atom stereocenters. The molecule has 0 aliphatic carbocycles. The number of carbonyl (C=O) groups excluding carboxylic acids is 1. The largest absolute Gasteiger partial charge is 0.495 e. The van der Waals surface area contributed by atoms with Gasteiger partial charge in [0, 0.05) is 23.7 Å². The van der Waals surface area contributed by atoms with Crippen molar-refractivity contribution in [2.24, 2.45) is 0 Å². The van der Waals surface area contributed by atoms with Crippen LogP contribution in [0.4, 0.5) is 11.4 Å². The fourth-order valence-electron chi connectivity index (χ4n) is 3.12. The lowest BCUT2D eigenvalue weighted by molar-refractivity contribution is -0.116. The fraction of sp³-hybridized carbons (Fsp3) is 0.381. The van der Waals surface area contributed by atoms with Crippen molar-refractivity contribution < 1.29 is 19.0 Å². The minimum absolute atomic E-state index is 0.139. The molecule has 0 aromatic heterocycles. The number of nitrogens with one attached hydrogen (secondary N) is 2. The van der Waals surface area contributed by atoms with Crippen molar-refractivity contribution in [3.63, 3.8) is 0 Å². The Balaban J connectivity index is 1.73. The molecule has 150 valence electrons. The van der Waals surface area contributed by atoms with E-state index in [9.17, 15) is 4.79 Å². The molecule has 0 saturated carbocycles. The van der Waals surface area contributed by atoms with Gasteiger partial charge >= 0.3 is 0 Å². The summed E-state index contributed by atoms with van der Waals surface area (Å²) in [6.45, 7) is 6.28. The molecule has 0 fully saturated rings. The fourth-order valence-corrected chi connectivity index (χ4v) is 3.38. The molecule has 3 rings (SSSR count). The van der Waals surface area contributed by atoms with Crippen LogP contribution in [0.5, 0.6) is 17.2 Å². The zero-order valence-electron chi connectivity index (χ0n) is 16.5. The Morgan fingerprint density at radius 2 is 2.11 bits per heavy atom. The van der Waals surface area contributed by atoms with E-state index in [4.69, 9.17) is 25.8 Å². The number of rotatable bonds is 7. The standard InChI is InChI=1S/C21H25ClN2O4/c1-5-27-20-9-14-8-12(2)28-19(14)11-17(20)23-13(3)21(25)24-15-6-7-18(26-4)16(22)10-15/h6-7,9-13,23H,5,8H2,1-4H3,(H,24,25)/t12-,13+/m0/s1. The van der Waals surface area contributed by atoms with Gasteiger partial charge in [-0.2, -0.15) is 0 Å². The number of benzene rings is 2. The van der Waals surface area contributed by atoms with Gasteiger partial charge in [0.1, 0.15) is 29.4 Å². The Morgan fingerprint density at radius 3 is 2.79 bits per heavy atom. The number of fused-ring (bicyclic) bond motifs is 1. The molecular formula is C21H25ClN2O4. The summed E-state index contributed by atoms with van der Waals surface area (Å²) in [5.74, 6) is 1.90. The van der Waals surface area contributed by atoms with E-state index >= 15 is 0 Å². The molecule has 2 aromatic rings. The number of carbonyl (C=O) groups is 1. The number of anilines is 2. The van der Waals surface area contributed by atoms with Crippen LogP contribution >= 0.6 is 11.6 Å². The highest BCUT2D eigenvalue weighted by molar-refractivity contribution is 6.32. The van der Waals surface area contributed by atoms with E-state index in [1.54, 1.807) is 32.2 Å². The molecule has 2 aromatic carbocycles. The smallest absolute Gasteiger partial charge is 0.246 e. The monoisotopic (exact) mass is 404 g/mol. The Kier molecular flexibility index (Phi) is 6.19. The van der Waals surface area contributed by atoms with Crippen molar-refractivity contribution in [1.82, 2.24) is 0 Å². The van der Waals surface area contributed by atoms with E-state index in [0.29, 0.717) is 28.8 Å². The highest BCUT2D eigenvalue weighted by atomic mass is 35.5. The van der Waals surface area contributed by atoms with Gasteiger partial charge in [-0.25, -0.2) is 0 Å². The van der Waals surface area contributed by atoms with E-state index in [1.807, 2.05) is 26.0 Å². The first-order valence-corrected chi connectivity index (χ1v) is 9.66. The van der Waals surface area contributed by atoms with Crippen LogP contribution in [0.15, 0.2) is 30.3 Å². The van der Waals surface area contributed by atoms with Crippen molar-refractivity contribution >= 4 is 28.9 Å². The maximum Gasteiger partial charge on any atom is 0.246 e. The van der Waals surface area contributed by atoms with Crippen LogP contribution in [-0.4, -0.2) is 31.8 Å². The Morgan fingerprint density at radius 1 is 1.32 bits per heavy atom. The lowest BCUT2D eigenvalue weighted by Gasteiger charge is -2.19. The molecule has 0 saturated heterocycles. The van der Waals surface area contributed by atoms with Crippen LogP contribution in [0.1, 0.15) is 26.3 Å². The van der Waals surface area contributed by atoms with Gasteiger partial charge in [0.05, 0.1) is 24.4 Å². The quantitative estimate of drug-likeness (QED) is 0.710. The van der Waals surface area contributed by atoms with Gasteiger partial charge < -0.3 is 24.8 Å². The molecule has 1 amide bonds. The number of methoxy groups -OCH3 is 1. The van der Waals surface area contributed by atoms with Crippen molar-refractivity contribution in [2.75, 3.05) is 24.4 Å². The zero-order chi connectivity index (χ0) is 20.3. The van der Waals surface area contributed by atoms with Crippen LogP contribution in [0.25, 0.3) is 0 Å². The van der Waals surface area contributed by atoms with Crippen LogP contribution in [0.2, 0.25) is 5.02 Å². The number of ether oxygens (including phenoxy) is 3. The summed E-state index contributed by atoms with van der Waals surface area (Å²) < 4.78 is 16.7. The van der Waals surface area contributed by atoms with Gasteiger partial charge in [-0.05, 0) is 45.0 Å². The summed E-state index contributed by atoms with van der Waals surface area (Å²) in [5.41, 5.74) is 2.44. The maximum absolute atomic E-state index is 12.6. The third kappa shape index (κ3) is 4.44. The maximum atomic E-state index is 12.6. The van der Waals surface area contributed by atoms with E-state index in [1.165, 1.54) is 0 Å². The molecule has 2 atom stereocenters. The Hall–Kier alpha value is -2.60. The van der Waals surface area contributed by atoms with Gasteiger partial charge in [0.2, 0.25) is 5.91 Å². The summed E-state index contributed by atoms with van der Waals surface area (Å²) in [4.78, 5) is 12.6. The highest BCUT2D eigenvalue weighted by Gasteiger charge is 2.23. The predicted octanol–water partition coefficient (Wildman–Crippen LogP) is 4.51. The van der Waals surface area contributed by atoms with Gasteiger partial charge in [0.15, 0.2) is 0 Å². The SMILES string of the molecule is CCOc1cc2c(cc1N[C@H](C)C(=O)Nc1ccc(OC)c(Cl)c1)O[C@@H](C)C2. The first kappa shape index (κ1) is 20.1. The molecule has 1 aliphatic rings. The molecule has 0 bridgehead atoms. The van der Waals surface area contributed by atoms with Crippen molar-refractivity contribution in [3.8, 4) is 17.2 Å². The second kappa shape index (κ2) is 8.61. The molecule has 7 heteroatoms. The van der Waals surface area contributed by atoms with Crippen LogP contribution in [0, 0.1) is 0 Å².